The Kier molecular flexibility index (Phi) is 3.21. The fraction of sp³-hybridized carbons (Fsp3) is 0. The predicted molar refractivity (Wildman–Crippen MR) is 91.7 cm³/mol. The second-order valence-electron chi connectivity index (χ2n) is 5.35. The first kappa shape index (κ1) is 14.6. The zero-order chi connectivity index (χ0) is 16.7. The summed E-state index contributed by atoms with van der Waals surface area (Å²) in [6, 6.07) is 15.3. The Hall–Kier alpha value is -2.99. The van der Waals surface area contributed by atoms with Crippen molar-refractivity contribution in [3.63, 3.8) is 0 Å². The monoisotopic (exact) mass is 336 g/mol. The van der Waals surface area contributed by atoms with Crippen LogP contribution in [0, 0.1) is 0 Å². The molecule has 0 saturated heterocycles. The van der Waals surface area contributed by atoms with Gasteiger partial charge >= 0.3 is 0 Å². The molecule has 0 unspecified atom stereocenters. The van der Waals surface area contributed by atoms with E-state index >= 15 is 0 Å². The van der Waals surface area contributed by atoms with Gasteiger partial charge in [0, 0.05) is 28.7 Å². The van der Waals surface area contributed by atoms with E-state index in [-0.39, 0.29) is 4.90 Å². The Bertz CT molecular complexity index is 1190. The average molecular weight is 336 g/mol. The number of aldehydes is 1. The molecule has 0 amide bonds. The predicted octanol–water partition coefficient (Wildman–Crippen LogP) is 3.24. The third-order valence-corrected chi connectivity index (χ3v) is 5.71. The van der Waals surface area contributed by atoms with Gasteiger partial charge in [0.2, 0.25) is 0 Å². The van der Waals surface area contributed by atoms with E-state index in [2.05, 4.69) is 4.98 Å². The molecular weight excluding hydrogens is 324 g/mol. The highest BCUT2D eigenvalue weighted by atomic mass is 32.2. The Morgan fingerprint density at radius 1 is 0.958 bits per heavy atom. The molecular formula is C18H12N2O3S. The van der Waals surface area contributed by atoms with E-state index in [0.717, 1.165) is 11.7 Å². The number of para-hydroxylation sites is 1. The first-order valence-corrected chi connectivity index (χ1v) is 8.71. The third-order valence-electron chi connectivity index (χ3n) is 3.99. The second-order valence-corrected chi connectivity index (χ2v) is 7.13. The van der Waals surface area contributed by atoms with Crippen molar-refractivity contribution in [2.24, 2.45) is 0 Å². The molecule has 0 aliphatic carbocycles. The summed E-state index contributed by atoms with van der Waals surface area (Å²) >= 11 is 0. The van der Waals surface area contributed by atoms with Gasteiger partial charge in [0.15, 0.2) is 6.29 Å². The molecule has 0 aliphatic heterocycles. The van der Waals surface area contributed by atoms with Crippen LogP contribution in [0.25, 0.3) is 21.8 Å². The maximum absolute atomic E-state index is 13.2. The molecule has 2 aromatic heterocycles. The summed E-state index contributed by atoms with van der Waals surface area (Å²) in [7, 11) is -3.84. The van der Waals surface area contributed by atoms with Crippen molar-refractivity contribution in [2.45, 2.75) is 4.90 Å². The number of carbonyl (C=O) groups excluding carboxylic acids is 1. The van der Waals surface area contributed by atoms with E-state index in [1.54, 1.807) is 48.7 Å². The molecule has 24 heavy (non-hydrogen) atoms. The van der Waals surface area contributed by atoms with Gasteiger partial charge in [-0.1, -0.05) is 30.3 Å². The average Bonchev–Trinajstić information content (AvgIpc) is 3.06. The van der Waals surface area contributed by atoms with Crippen molar-refractivity contribution >= 4 is 38.1 Å². The number of benzene rings is 2. The van der Waals surface area contributed by atoms with Crippen LogP contribution in [0.5, 0.6) is 0 Å². The van der Waals surface area contributed by atoms with Gasteiger partial charge in [0.05, 0.1) is 11.0 Å². The normalized spacial score (nSPS) is 11.8. The lowest BCUT2D eigenvalue weighted by molar-refractivity contribution is 0.112. The maximum atomic E-state index is 13.2. The zero-order valence-corrected chi connectivity index (χ0v) is 13.3. The van der Waals surface area contributed by atoms with Crippen molar-refractivity contribution in [3.05, 3.63) is 72.6 Å². The maximum Gasteiger partial charge on any atom is 0.270 e. The lowest BCUT2D eigenvalue weighted by Gasteiger charge is -2.10. The van der Waals surface area contributed by atoms with E-state index in [0.29, 0.717) is 22.0 Å². The van der Waals surface area contributed by atoms with Gasteiger partial charge in [-0.2, -0.15) is 0 Å². The van der Waals surface area contributed by atoms with Crippen LogP contribution in [-0.2, 0) is 10.0 Å². The first-order chi connectivity index (χ1) is 11.6. The molecule has 4 aromatic rings. The number of hydrogen-bond acceptors (Lipinski definition) is 4. The SMILES string of the molecule is O=Cc1cccc2c1ccn2S(=O)(=O)c1cccc2cccnc12. The summed E-state index contributed by atoms with van der Waals surface area (Å²) in [4.78, 5) is 15.5. The number of aromatic nitrogens is 2. The molecule has 5 nitrogen and oxygen atoms in total. The van der Waals surface area contributed by atoms with Crippen LogP contribution >= 0.6 is 0 Å². The fourth-order valence-electron chi connectivity index (χ4n) is 2.87. The van der Waals surface area contributed by atoms with Gasteiger partial charge in [-0.3, -0.25) is 9.78 Å². The molecule has 0 fully saturated rings. The number of fused-ring (bicyclic) bond motifs is 2. The summed E-state index contributed by atoms with van der Waals surface area (Å²) in [6.45, 7) is 0. The van der Waals surface area contributed by atoms with E-state index < -0.39 is 10.0 Å². The quantitative estimate of drug-likeness (QED) is 0.539. The largest absolute Gasteiger partial charge is 0.298 e. The highest BCUT2D eigenvalue weighted by Crippen LogP contribution is 2.27. The van der Waals surface area contributed by atoms with Crippen LogP contribution in [0.3, 0.4) is 0 Å². The molecule has 0 bridgehead atoms. The smallest absolute Gasteiger partial charge is 0.270 e. The highest BCUT2D eigenvalue weighted by molar-refractivity contribution is 7.90. The number of carbonyl (C=O) groups is 1. The summed E-state index contributed by atoms with van der Waals surface area (Å²) in [5.74, 6) is 0. The van der Waals surface area contributed by atoms with Crippen LogP contribution in [0.1, 0.15) is 10.4 Å². The van der Waals surface area contributed by atoms with Gasteiger partial charge in [-0.25, -0.2) is 12.4 Å². The molecule has 4 rings (SSSR count). The van der Waals surface area contributed by atoms with Crippen LogP contribution in [0.2, 0.25) is 0 Å². The minimum atomic E-state index is -3.84. The van der Waals surface area contributed by atoms with E-state index in [4.69, 9.17) is 0 Å². The number of nitrogens with zero attached hydrogens (tertiary/aromatic N) is 2. The summed E-state index contributed by atoms with van der Waals surface area (Å²) in [5, 5.41) is 1.35. The molecule has 6 heteroatoms. The van der Waals surface area contributed by atoms with Gasteiger partial charge in [-0.05, 0) is 24.3 Å². The van der Waals surface area contributed by atoms with Crippen molar-refractivity contribution in [3.8, 4) is 0 Å². The molecule has 2 heterocycles. The highest BCUT2D eigenvalue weighted by Gasteiger charge is 2.22. The zero-order valence-electron chi connectivity index (χ0n) is 12.5. The van der Waals surface area contributed by atoms with Gasteiger partial charge in [0.25, 0.3) is 10.0 Å². The molecule has 0 atom stereocenters. The Labute approximate surface area is 138 Å². The molecule has 0 N–H and O–H groups in total. The van der Waals surface area contributed by atoms with E-state index in [9.17, 15) is 13.2 Å². The lowest BCUT2D eigenvalue weighted by Crippen LogP contribution is -2.12. The van der Waals surface area contributed by atoms with Crippen LogP contribution in [0.15, 0.2) is 71.9 Å². The van der Waals surface area contributed by atoms with Gasteiger partial charge < -0.3 is 0 Å². The van der Waals surface area contributed by atoms with Crippen LogP contribution in [0.4, 0.5) is 0 Å². The molecule has 0 aliphatic rings. The molecule has 0 spiro atoms. The van der Waals surface area contributed by atoms with E-state index in [1.165, 1.54) is 10.2 Å². The van der Waals surface area contributed by atoms with Crippen LogP contribution in [-0.4, -0.2) is 23.7 Å². The summed E-state index contributed by atoms with van der Waals surface area (Å²) < 4.78 is 27.5. The Morgan fingerprint density at radius 3 is 2.58 bits per heavy atom. The number of rotatable bonds is 3. The fourth-order valence-corrected chi connectivity index (χ4v) is 4.39. The molecule has 0 saturated carbocycles. The summed E-state index contributed by atoms with van der Waals surface area (Å²) in [6.07, 6.45) is 3.76. The number of pyridine rings is 1. The minimum absolute atomic E-state index is 0.134. The molecule has 118 valence electrons. The van der Waals surface area contributed by atoms with Crippen molar-refractivity contribution < 1.29 is 13.2 Å². The van der Waals surface area contributed by atoms with Crippen molar-refractivity contribution in [2.75, 3.05) is 0 Å². The first-order valence-electron chi connectivity index (χ1n) is 7.27. The number of hydrogen-bond donors (Lipinski definition) is 0. The van der Waals surface area contributed by atoms with E-state index in [1.807, 2.05) is 12.1 Å². The minimum Gasteiger partial charge on any atom is -0.298 e. The third kappa shape index (κ3) is 2.04. The Balaban J connectivity index is 2.04. The molecule has 2 aromatic carbocycles. The topological polar surface area (TPSA) is 69.0 Å². The van der Waals surface area contributed by atoms with Crippen LogP contribution < -0.4 is 0 Å². The van der Waals surface area contributed by atoms with Crippen molar-refractivity contribution in [1.82, 2.24) is 8.96 Å². The standard InChI is InChI=1S/C18H12N2O3S/c21-12-14-5-1-7-16-15(14)9-11-20(16)24(22,23)17-8-2-4-13-6-3-10-19-18(13)17/h1-12H. The Morgan fingerprint density at radius 2 is 1.75 bits per heavy atom. The molecule has 0 radical (unpaired) electrons. The summed E-state index contributed by atoms with van der Waals surface area (Å²) in [5.41, 5.74) is 1.35. The van der Waals surface area contributed by atoms with Gasteiger partial charge in [0.1, 0.15) is 4.90 Å². The second kappa shape index (κ2) is 5.28. The van der Waals surface area contributed by atoms with Crippen molar-refractivity contribution in [1.29, 1.82) is 0 Å². The van der Waals surface area contributed by atoms with Gasteiger partial charge in [-0.15, -0.1) is 0 Å². The lowest BCUT2D eigenvalue weighted by atomic mass is 10.1.